The first-order valence-electron chi connectivity index (χ1n) is 7.08. The number of aliphatic hydroxyl groups is 2. The maximum atomic E-state index is 9.65. The van der Waals surface area contributed by atoms with Gasteiger partial charge in [0.15, 0.2) is 0 Å². The Balaban J connectivity index is -0.000000261. The number of hydrogen-bond donors (Lipinski definition) is 4. The summed E-state index contributed by atoms with van der Waals surface area (Å²) in [5.74, 6) is -1.87. The maximum absolute atomic E-state index is 9.65. The molecule has 0 spiro atoms. The lowest BCUT2D eigenvalue weighted by Gasteiger charge is -2.24. The van der Waals surface area contributed by atoms with Crippen LogP contribution in [0, 0.1) is 0 Å². The van der Waals surface area contributed by atoms with Gasteiger partial charge < -0.3 is 20.4 Å². The molecule has 4 N–H and O–H groups in total. The third kappa shape index (κ3) is 18.3. The molecule has 0 aromatic carbocycles. The summed E-state index contributed by atoms with van der Waals surface area (Å²) < 4.78 is 0. The molecule has 0 aromatic heterocycles. The predicted molar refractivity (Wildman–Crippen MR) is 86.8 cm³/mol. The molecule has 0 fully saturated rings. The second-order valence-electron chi connectivity index (χ2n) is 4.93. The van der Waals surface area contributed by atoms with Crippen LogP contribution in [0.2, 0.25) is 0 Å². The molecule has 130 valence electrons. The van der Waals surface area contributed by atoms with Crippen LogP contribution in [0.3, 0.4) is 0 Å². The number of aliphatic carboxylic acids is 2. The van der Waals surface area contributed by atoms with Crippen molar-refractivity contribution in [1.29, 1.82) is 0 Å². The molecule has 22 heavy (non-hydrogen) atoms. The molecule has 0 heterocycles. The van der Waals surface area contributed by atoms with Crippen LogP contribution < -0.4 is 0 Å². The highest BCUT2D eigenvalue weighted by Gasteiger charge is 2.20. The SMILES string of the molecule is C=C(C)C(=O)O.C=C(C)C(=O)O.CCC(O)(CC)CCCO. The Morgan fingerprint density at radius 3 is 1.36 bits per heavy atom. The highest BCUT2D eigenvalue weighted by atomic mass is 16.4. The van der Waals surface area contributed by atoms with Crippen molar-refractivity contribution >= 4 is 11.9 Å². The molecule has 0 aliphatic heterocycles. The van der Waals surface area contributed by atoms with E-state index in [-0.39, 0.29) is 17.8 Å². The summed E-state index contributed by atoms with van der Waals surface area (Å²) in [5.41, 5.74) is -0.173. The Kier molecular flexibility index (Phi) is 16.4. The third-order valence-corrected chi connectivity index (χ3v) is 2.85. The quantitative estimate of drug-likeness (QED) is 0.536. The topological polar surface area (TPSA) is 115 Å². The van der Waals surface area contributed by atoms with Gasteiger partial charge in [-0.25, -0.2) is 9.59 Å². The number of aliphatic hydroxyl groups excluding tert-OH is 1. The Bertz CT molecular complexity index is 308. The van der Waals surface area contributed by atoms with Gasteiger partial charge in [-0.3, -0.25) is 0 Å². The third-order valence-electron chi connectivity index (χ3n) is 2.85. The van der Waals surface area contributed by atoms with Crippen molar-refractivity contribution in [1.82, 2.24) is 0 Å². The first kappa shape index (κ1) is 25.3. The van der Waals surface area contributed by atoms with Gasteiger partial charge in [0.05, 0.1) is 5.60 Å². The zero-order chi connectivity index (χ0) is 18.3. The first-order chi connectivity index (χ1) is 9.97. The van der Waals surface area contributed by atoms with Crippen LogP contribution >= 0.6 is 0 Å². The van der Waals surface area contributed by atoms with E-state index in [1.165, 1.54) is 13.8 Å². The fraction of sp³-hybridized carbons (Fsp3) is 0.625. The number of hydrogen-bond acceptors (Lipinski definition) is 4. The minimum atomic E-state index is -0.935. The van der Waals surface area contributed by atoms with E-state index in [9.17, 15) is 14.7 Å². The second kappa shape index (κ2) is 14.3. The molecule has 6 nitrogen and oxygen atoms in total. The number of carboxylic acid groups (broad SMARTS) is 2. The van der Waals surface area contributed by atoms with E-state index >= 15 is 0 Å². The molecule has 6 heteroatoms. The van der Waals surface area contributed by atoms with Gasteiger partial charge in [-0.15, -0.1) is 0 Å². The Hall–Kier alpha value is -1.66. The van der Waals surface area contributed by atoms with Crippen molar-refractivity contribution in [2.45, 2.75) is 59.0 Å². The van der Waals surface area contributed by atoms with Gasteiger partial charge in [-0.1, -0.05) is 27.0 Å². The average molecular weight is 318 g/mol. The zero-order valence-electron chi connectivity index (χ0n) is 14.1. The van der Waals surface area contributed by atoms with Crippen molar-refractivity contribution < 1.29 is 30.0 Å². The normalized spacial score (nSPS) is 9.55. The van der Waals surface area contributed by atoms with E-state index < -0.39 is 17.5 Å². The van der Waals surface area contributed by atoms with Crippen molar-refractivity contribution in [3.05, 3.63) is 24.3 Å². The highest BCUT2D eigenvalue weighted by molar-refractivity contribution is 5.85. The molecule has 0 aromatic rings. The van der Waals surface area contributed by atoms with Crippen LogP contribution in [0.1, 0.15) is 53.4 Å². The number of carboxylic acids is 2. The maximum Gasteiger partial charge on any atom is 0.330 e. The van der Waals surface area contributed by atoms with E-state index in [1.807, 2.05) is 13.8 Å². The summed E-state index contributed by atoms with van der Waals surface area (Å²) in [7, 11) is 0. The largest absolute Gasteiger partial charge is 0.478 e. The average Bonchev–Trinajstić information content (AvgIpc) is 2.45. The zero-order valence-corrected chi connectivity index (χ0v) is 14.1. The minimum Gasteiger partial charge on any atom is -0.478 e. The summed E-state index contributed by atoms with van der Waals surface area (Å²) in [6.07, 6.45) is 2.99. The van der Waals surface area contributed by atoms with Crippen molar-refractivity contribution in [3.63, 3.8) is 0 Å². The molecule has 0 amide bonds. The Morgan fingerprint density at radius 2 is 1.23 bits per heavy atom. The molecular formula is C16H30O6. The molecule has 0 aliphatic carbocycles. The lowest BCUT2D eigenvalue weighted by Crippen LogP contribution is -2.26. The molecular weight excluding hydrogens is 288 g/mol. The van der Waals surface area contributed by atoms with Gasteiger partial charge in [0.25, 0.3) is 0 Å². The van der Waals surface area contributed by atoms with Crippen LogP contribution in [0.25, 0.3) is 0 Å². The summed E-state index contributed by atoms with van der Waals surface area (Å²) >= 11 is 0. The number of rotatable bonds is 7. The molecule has 0 rings (SSSR count). The van der Waals surface area contributed by atoms with Crippen LogP contribution in [0.4, 0.5) is 0 Å². The molecule has 0 unspecified atom stereocenters. The fourth-order valence-corrected chi connectivity index (χ4v) is 1.01. The van der Waals surface area contributed by atoms with Crippen LogP contribution in [0.15, 0.2) is 24.3 Å². The fourth-order valence-electron chi connectivity index (χ4n) is 1.01. The molecule has 0 aliphatic rings. The highest BCUT2D eigenvalue weighted by Crippen LogP contribution is 2.20. The standard InChI is InChI=1S/C8H18O2.2C4H6O2/c1-3-8(10,4-2)6-5-7-9;2*1-3(2)4(5)6/h9-10H,3-7H2,1-2H3;2*1H2,2H3,(H,5,6). The summed E-state index contributed by atoms with van der Waals surface area (Å²) in [4.78, 5) is 19.2. The van der Waals surface area contributed by atoms with E-state index in [1.54, 1.807) is 0 Å². The van der Waals surface area contributed by atoms with Gasteiger partial charge in [-0.05, 0) is 39.5 Å². The Morgan fingerprint density at radius 1 is 0.955 bits per heavy atom. The lowest BCUT2D eigenvalue weighted by atomic mass is 9.92. The monoisotopic (exact) mass is 318 g/mol. The number of carbonyl (C=O) groups is 2. The first-order valence-corrected chi connectivity index (χ1v) is 7.08. The van der Waals surface area contributed by atoms with Crippen LogP contribution in [0.5, 0.6) is 0 Å². The molecule has 0 radical (unpaired) electrons. The van der Waals surface area contributed by atoms with Crippen LogP contribution in [-0.4, -0.2) is 44.6 Å². The van der Waals surface area contributed by atoms with E-state index in [4.69, 9.17) is 15.3 Å². The van der Waals surface area contributed by atoms with Gasteiger partial charge >= 0.3 is 11.9 Å². The second-order valence-corrected chi connectivity index (χ2v) is 4.93. The van der Waals surface area contributed by atoms with Gasteiger partial charge in [0.2, 0.25) is 0 Å². The predicted octanol–water partition coefficient (Wildman–Crippen LogP) is 2.60. The lowest BCUT2D eigenvalue weighted by molar-refractivity contribution is -0.133. The minimum absolute atomic E-state index is 0.176. The van der Waals surface area contributed by atoms with Crippen molar-refractivity contribution in [3.8, 4) is 0 Å². The summed E-state index contributed by atoms with van der Waals surface area (Å²) in [6, 6.07) is 0. The van der Waals surface area contributed by atoms with E-state index in [0.29, 0.717) is 6.42 Å². The van der Waals surface area contributed by atoms with Gasteiger partial charge in [0, 0.05) is 17.8 Å². The molecule has 0 saturated carbocycles. The van der Waals surface area contributed by atoms with E-state index in [0.717, 1.165) is 19.3 Å². The smallest absolute Gasteiger partial charge is 0.330 e. The molecule has 0 atom stereocenters. The van der Waals surface area contributed by atoms with E-state index in [2.05, 4.69) is 13.2 Å². The van der Waals surface area contributed by atoms with Crippen molar-refractivity contribution in [2.24, 2.45) is 0 Å². The summed E-state index contributed by atoms with van der Waals surface area (Å²) in [6.45, 7) is 13.3. The molecule has 0 bridgehead atoms. The summed E-state index contributed by atoms with van der Waals surface area (Å²) in [5, 5.41) is 33.9. The van der Waals surface area contributed by atoms with Gasteiger partial charge in [0.1, 0.15) is 0 Å². The Labute approximate surface area is 132 Å². The molecule has 0 saturated heterocycles. The van der Waals surface area contributed by atoms with Gasteiger partial charge in [-0.2, -0.15) is 0 Å². The van der Waals surface area contributed by atoms with Crippen LogP contribution in [-0.2, 0) is 9.59 Å². The van der Waals surface area contributed by atoms with Crippen molar-refractivity contribution in [2.75, 3.05) is 6.61 Å².